The molecule has 38 heavy (non-hydrogen) atoms. The molecule has 2 atom stereocenters. The third-order valence-corrected chi connectivity index (χ3v) is 6.92. The summed E-state index contributed by atoms with van der Waals surface area (Å²) in [5.74, 6) is 1.54. The molecule has 2 aromatic heterocycles. The van der Waals surface area contributed by atoms with Crippen LogP contribution in [0.2, 0.25) is 0 Å². The molecule has 196 valence electrons. The highest BCUT2D eigenvalue weighted by Gasteiger charge is 2.19. The van der Waals surface area contributed by atoms with E-state index in [1.807, 2.05) is 73.7 Å². The predicted octanol–water partition coefficient (Wildman–Crippen LogP) is 4.01. The summed E-state index contributed by atoms with van der Waals surface area (Å²) in [5, 5.41) is 6.81. The fraction of sp³-hybridized carbons (Fsp3) is 0.250. The Morgan fingerprint density at radius 3 is 2.66 bits per heavy atom. The van der Waals surface area contributed by atoms with Gasteiger partial charge in [-0.2, -0.15) is 0 Å². The van der Waals surface area contributed by atoms with Gasteiger partial charge in [0, 0.05) is 25.0 Å². The molecule has 1 saturated heterocycles. The maximum atomic E-state index is 11.6. The first-order chi connectivity index (χ1) is 18.6. The molecular weight excluding hydrogens is 500 g/mol. The molecule has 3 heterocycles. The summed E-state index contributed by atoms with van der Waals surface area (Å²) >= 11 is 0. The van der Waals surface area contributed by atoms with Crippen molar-refractivity contribution in [2.24, 2.45) is 0 Å². The van der Waals surface area contributed by atoms with Gasteiger partial charge in [0.1, 0.15) is 5.75 Å². The average Bonchev–Trinajstić information content (AvgIpc) is 2.94. The number of thiol groups is 1. The molecule has 5 rings (SSSR count). The second-order valence-corrected chi connectivity index (χ2v) is 9.94. The van der Waals surface area contributed by atoms with Crippen LogP contribution in [-0.2, 0) is 10.9 Å². The maximum absolute atomic E-state index is 11.6. The third-order valence-electron chi connectivity index (χ3n) is 6.45. The lowest BCUT2D eigenvalue weighted by Gasteiger charge is -2.23. The van der Waals surface area contributed by atoms with E-state index in [0.717, 1.165) is 48.2 Å². The van der Waals surface area contributed by atoms with Crippen molar-refractivity contribution in [2.45, 2.75) is 31.8 Å². The van der Waals surface area contributed by atoms with Gasteiger partial charge in [-0.05, 0) is 67.3 Å². The third kappa shape index (κ3) is 6.34. The summed E-state index contributed by atoms with van der Waals surface area (Å²) < 4.78 is 32.2. The number of pyridine rings is 1. The highest BCUT2D eigenvalue weighted by Crippen LogP contribution is 2.34. The van der Waals surface area contributed by atoms with Gasteiger partial charge < -0.3 is 15.4 Å². The molecule has 0 unspecified atom stereocenters. The molecule has 4 aromatic rings. The minimum atomic E-state index is -2.83. The standard InChI is InChI=1S/C28H30N6O3S/c1-19-11-12-21(26(34-38(35)36)20-7-3-2-4-8-20)17-25(19)37-27-23(10-6-15-30-27)24-13-16-31-28(33-24)32-22-9-5-14-29-18-22/h2-4,6-8,10-13,15-17,22,26,29,38H,5,9,14,18H2,1H3,(H,31,32,33)(H,34,35,36)/t22-,26-/m0/s1. The lowest BCUT2D eigenvalue weighted by atomic mass is 9.98. The molecule has 0 amide bonds. The van der Waals surface area contributed by atoms with Gasteiger partial charge in [-0.1, -0.05) is 42.5 Å². The van der Waals surface area contributed by atoms with Crippen molar-refractivity contribution in [1.82, 2.24) is 25.0 Å². The molecule has 10 heteroatoms. The van der Waals surface area contributed by atoms with E-state index in [1.54, 1.807) is 12.4 Å². The lowest BCUT2D eigenvalue weighted by molar-refractivity contribution is 0.460. The molecule has 0 aliphatic carbocycles. The zero-order chi connectivity index (χ0) is 26.3. The average molecular weight is 531 g/mol. The van der Waals surface area contributed by atoms with Gasteiger partial charge in [-0.3, -0.25) is 0 Å². The van der Waals surface area contributed by atoms with Crippen LogP contribution in [0.3, 0.4) is 0 Å². The summed E-state index contributed by atoms with van der Waals surface area (Å²) in [6.07, 6.45) is 5.57. The van der Waals surface area contributed by atoms with Crippen molar-refractivity contribution in [1.29, 1.82) is 0 Å². The Labute approximate surface area is 223 Å². The quantitative estimate of drug-likeness (QED) is 0.240. The van der Waals surface area contributed by atoms with Crippen LogP contribution in [-0.4, -0.2) is 42.5 Å². The molecule has 0 radical (unpaired) electrons. The van der Waals surface area contributed by atoms with Crippen molar-refractivity contribution in [3.63, 3.8) is 0 Å². The summed E-state index contributed by atoms with van der Waals surface area (Å²) in [4.78, 5) is 13.6. The van der Waals surface area contributed by atoms with Crippen molar-refractivity contribution in [3.05, 3.63) is 95.8 Å². The largest absolute Gasteiger partial charge is 0.438 e. The zero-order valence-corrected chi connectivity index (χ0v) is 21.9. The number of piperidine rings is 1. The van der Waals surface area contributed by atoms with Gasteiger partial charge in [0.2, 0.25) is 22.7 Å². The van der Waals surface area contributed by atoms with E-state index >= 15 is 0 Å². The zero-order valence-electron chi connectivity index (χ0n) is 21.0. The molecular formula is C28H30N6O3S. The van der Waals surface area contributed by atoms with Crippen LogP contribution in [0.1, 0.15) is 35.6 Å². The Kier molecular flexibility index (Phi) is 8.22. The normalized spacial score (nSPS) is 16.2. The summed E-state index contributed by atoms with van der Waals surface area (Å²) in [6.45, 7) is 3.85. The molecule has 1 fully saturated rings. The fourth-order valence-corrected chi connectivity index (χ4v) is 5.01. The number of anilines is 1. The van der Waals surface area contributed by atoms with Crippen LogP contribution >= 0.6 is 0 Å². The number of ether oxygens (including phenoxy) is 1. The van der Waals surface area contributed by atoms with Crippen molar-refractivity contribution < 1.29 is 13.2 Å². The van der Waals surface area contributed by atoms with Crippen LogP contribution in [0.4, 0.5) is 5.95 Å². The molecule has 1 aliphatic rings. The Bertz CT molecular complexity index is 1450. The minimum absolute atomic E-state index is 0.282. The molecule has 9 nitrogen and oxygen atoms in total. The van der Waals surface area contributed by atoms with E-state index < -0.39 is 16.9 Å². The number of hydrogen-bond donors (Lipinski definition) is 4. The van der Waals surface area contributed by atoms with Gasteiger partial charge in [0.15, 0.2) is 0 Å². The highest BCUT2D eigenvalue weighted by molar-refractivity contribution is 7.70. The van der Waals surface area contributed by atoms with E-state index in [0.29, 0.717) is 23.3 Å². The van der Waals surface area contributed by atoms with E-state index in [2.05, 4.69) is 25.3 Å². The lowest BCUT2D eigenvalue weighted by Crippen LogP contribution is -2.38. The molecule has 3 N–H and O–H groups in total. The highest BCUT2D eigenvalue weighted by atomic mass is 32.2. The van der Waals surface area contributed by atoms with Gasteiger partial charge >= 0.3 is 0 Å². The Balaban J connectivity index is 1.44. The predicted molar refractivity (Wildman–Crippen MR) is 148 cm³/mol. The topological polar surface area (TPSA) is 118 Å². The first-order valence-corrected chi connectivity index (χ1v) is 13.7. The van der Waals surface area contributed by atoms with E-state index in [9.17, 15) is 8.42 Å². The van der Waals surface area contributed by atoms with Crippen LogP contribution in [0.25, 0.3) is 11.3 Å². The summed E-state index contributed by atoms with van der Waals surface area (Å²) in [6, 6.07) is 20.4. The fourth-order valence-electron chi connectivity index (χ4n) is 4.51. The number of nitrogens with one attached hydrogen (secondary N) is 3. The SMILES string of the molecule is Cc1ccc([C@@H](N[SH](=O)=O)c2ccccc2)cc1Oc1ncccc1-c1ccnc(N[C@H]2CCCNC2)n1. The van der Waals surface area contributed by atoms with Gasteiger partial charge in [-0.25, -0.2) is 28.1 Å². The number of hydrogen-bond acceptors (Lipinski definition) is 8. The van der Waals surface area contributed by atoms with Crippen LogP contribution in [0.5, 0.6) is 11.6 Å². The van der Waals surface area contributed by atoms with Crippen LogP contribution in [0, 0.1) is 6.92 Å². The first kappa shape index (κ1) is 25.8. The number of rotatable bonds is 9. The van der Waals surface area contributed by atoms with Crippen molar-refractivity contribution in [2.75, 3.05) is 18.4 Å². The van der Waals surface area contributed by atoms with E-state index in [-0.39, 0.29) is 6.04 Å². The van der Waals surface area contributed by atoms with Crippen molar-refractivity contribution >= 4 is 16.8 Å². The molecule has 0 saturated carbocycles. The monoisotopic (exact) mass is 530 g/mol. The van der Waals surface area contributed by atoms with Crippen LogP contribution < -0.4 is 20.1 Å². The molecule has 2 aromatic carbocycles. The van der Waals surface area contributed by atoms with Gasteiger partial charge in [0.05, 0.1) is 17.3 Å². The first-order valence-electron chi connectivity index (χ1n) is 12.6. The maximum Gasteiger partial charge on any atom is 0.228 e. The van der Waals surface area contributed by atoms with E-state index in [4.69, 9.17) is 9.72 Å². The molecule has 0 bridgehead atoms. The number of nitrogens with zero attached hydrogens (tertiary/aromatic N) is 3. The summed E-state index contributed by atoms with van der Waals surface area (Å²) in [5.41, 5.74) is 3.89. The van der Waals surface area contributed by atoms with Gasteiger partial charge in [-0.15, -0.1) is 0 Å². The van der Waals surface area contributed by atoms with Crippen molar-refractivity contribution in [3.8, 4) is 22.9 Å². The number of aromatic nitrogens is 3. The van der Waals surface area contributed by atoms with Crippen LogP contribution in [0.15, 0.2) is 79.1 Å². The number of benzene rings is 2. The summed E-state index contributed by atoms with van der Waals surface area (Å²) in [7, 11) is -2.83. The second-order valence-electron chi connectivity index (χ2n) is 9.17. The Hall–Kier alpha value is -3.86. The van der Waals surface area contributed by atoms with Gasteiger partial charge in [0.25, 0.3) is 0 Å². The Morgan fingerprint density at radius 1 is 1.00 bits per heavy atom. The smallest absolute Gasteiger partial charge is 0.228 e. The Morgan fingerprint density at radius 2 is 1.87 bits per heavy atom. The van der Waals surface area contributed by atoms with E-state index in [1.165, 1.54) is 0 Å². The second kappa shape index (κ2) is 12.1. The molecule has 0 spiro atoms. The minimum Gasteiger partial charge on any atom is -0.438 e. The molecule has 1 aliphatic heterocycles. The number of aryl methyl sites for hydroxylation is 1.